The molecule has 1 aromatic carbocycles. The number of esters is 1. The first-order valence-corrected chi connectivity index (χ1v) is 7.01. The number of hydrogen-bond acceptors (Lipinski definition) is 5. The molecule has 0 aliphatic rings. The van der Waals surface area contributed by atoms with E-state index < -0.39 is 0 Å². The lowest BCUT2D eigenvalue weighted by Gasteiger charge is -2.13. The molecule has 4 nitrogen and oxygen atoms in total. The standard InChI is InChI=1S/C14H16N2O2S/c1-3-18-14(17)11-5-4-6-12(9-11)16-10(2)13-15-7-8-19-13/h4-10,16H,3H2,1-2H3. The molecule has 0 fully saturated rings. The number of thiazole rings is 1. The Morgan fingerprint density at radius 3 is 3.05 bits per heavy atom. The van der Waals surface area contributed by atoms with Gasteiger partial charge in [0.15, 0.2) is 0 Å². The van der Waals surface area contributed by atoms with Gasteiger partial charge in [-0.05, 0) is 32.0 Å². The summed E-state index contributed by atoms with van der Waals surface area (Å²) in [4.78, 5) is 15.9. The van der Waals surface area contributed by atoms with E-state index in [9.17, 15) is 4.79 Å². The SMILES string of the molecule is CCOC(=O)c1cccc(NC(C)c2nccs2)c1. The van der Waals surface area contributed by atoms with E-state index >= 15 is 0 Å². The van der Waals surface area contributed by atoms with Crippen LogP contribution in [0.15, 0.2) is 35.8 Å². The molecule has 0 aliphatic carbocycles. The van der Waals surface area contributed by atoms with Gasteiger partial charge < -0.3 is 10.1 Å². The molecule has 0 saturated carbocycles. The van der Waals surface area contributed by atoms with Crippen LogP contribution in [0.4, 0.5) is 5.69 Å². The van der Waals surface area contributed by atoms with E-state index in [1.807, 2.05) is 24.4 Å². The minimum atomic E-state index is -0.298. The maximum absolute atomic E-state index is 11.7. The number of benzene rings is 1. The van der Waals surface area contributed by atoms with Crippen molar-refractivity contribution in [2.24, 2.45) is 0 Å². The van der Waals surface area contributed by atoms with Crippen LogP contribution in [-0.2, 0) is 4.74 Å². The van der Waals surface area contributed by atoms with Crippen LogP contribution < -0.4 is 5.32 Å². The lowest BCUT2D eigenvalue weighted by Crippen LogP contribution is -2.08. The van der Waals surface area contributed by atoms with Crippen molar-refractivity contribution in [2.75, 3.05) is 11.9 Å². The Hall–Kier alpha value is -1.88. The Bertz CT molecular complexity index is 540. The average molecular weight is 276 g/mol. The van der Waals surface area contributed by atoms with Crippen LogP contribution in [0.3, 0.4) is 0 Å². The van der Waals surface area contributed by atoms with Crippen molar-refractivity contribution in [3.63, 3.8) is 0 Å². The highest BCUT2D eigenvalue weighted by Gasteiger charge is 2.10. The molecule has 0 spiro atoms. The van der Waals surface area contributed by atoms with Crippen LogP contribution in [0.5, 0.6) is 0 Å². The molecular weight excluding hydrogens is 260 g/mol. The predicted octanol–water partition coefficient (Wildman–Crippen LogP) is 3.49. The van der Waals surface area contributed by atoms with Crippen molar-refractivity contribution < 1.29 is 9.53 Å². The lowest BCUT2D eigenvalue weighted by atomic mass is 10.2. The van der Waals surface area contributed by atoms with Crippen LogP contribution in [-0.4, -0.2) is 17.6 Å². The van der Waals surface area contributed by atoms with Crippen molar-refractivity contribution >= 4 is 23.0 Å². The van der Waals surface area contributed by atoms with Gasteiger partial charge in [0.1, 0.15) is 5.01 Å². The molecule has 0 bridgehead atoms. The maximum atomic E-state index is 11.7. The van der Waals surface area contributed by atoms with Gasteiger partial charge in [0.2, 0.25) is 0 Å². The fraction of sp³-hybridized carbons (Fsp3) is 0.286. The number of ether oxygens (including phenoxy) is 1. The number of carbonyl (C=O) groups excluding carboxylic acids is 1. The van der Waals surface area contributed by atoms with Gasteiger partial charge in [-0.15, -0.1) is 11.3 Å². The Morgan fingerprint density at radius 2 is 2.37 bits per heavy atom. The Labute approximate surface area is 116 Å². The zero-order chi connectivity index (χ0) is 13.7. The lowest BCUT2D eigenvalue weighted by molar-refractivity contribution is 0.0526. The summed E-state index contributed by atoms with van der Waals surface area (Å²) >= 11 is 1.60. The highest BCUT2D eigenvalue weighted by Crippen LogP contribution is 2.21. The van der Waals surface area contributed by atoms with E-state index in [1.165, 1.54) is 0 Å². The van der Waals surface area contributed by atoms with Gasteiger partial charge >= 0.3 is 5.97 Å². The molecule has 1 unspecified atom stereocenters. The van der Waals surface area contributed by atoms with Crippen molar-refractivity contribution in [2.45, 2.75) is 19.9 Å². The highest BCUT2D eigenvalue weighted by molar-refractivity contribution is 7.09. The van der Waals surface area contributed by atoms with E-state index in [1.54, 1.807) is 36.6 Å². The number of nitrogens with one attached hydrogen (secondary N) is 1. The molecule has 5 heteroatoms. The first-order chi connectivity index (χ1) is 9.20. The molecule has 2 rings (SSSR count). The summed E-state index contributed by atoms with van der Waals surface area (Å²) in [6, 6.07) is 7.41. The molecular formula is C14H16N2O2S. The normalized spacial score (nSPS) is 11.9. The predicted molar refractivity (Wildman–Crippen MR) is 76.6 cm³/mol. The molecule has 19 heavy (non-hydrogen) atoms. The van der Waals surface area contributed by atoms with E-state index in [4.69, 9.17) is 4.74 Å². The third-order valence-corrected chi connectivity index (χ3v) is 3.54. The van der Waals surface area contributed by atoms with Gasteiger partial charge in [-0.3, -0.25) is 0 Å². The molecule has 1 heterocycles. The third-order valence-electron chi connectivity index (χ3n) is 2.58. The monoisotopic (exact) mass is 276 g/mol. The van der Waals surface area contributed by atoms with Gasteiger partial charge in [-0.1, -0.05) is 6.07 Å². The smallest absolute Gasteiger partial charge is 0.338 e. The van der Waals surface area contributed by atoms with Crippen LogP contribution in [0.2, 0.25) is 0 Å². The van der Waals surface area contributed by atoms with Crippen LogP contribution in [0.25, 0.3) is 0 Å². The fourth-order valence-corrected chi connectivity index (χ4v) is 2.36. The minimum absolute atomic E-state index is 0.109. The quantitative estimate of drug-likeness (QED) is 0.849. The van der Waals surface area contributed by atoms with Crippen molar-refractivity contribution in [1.29, 1.82) is 0 Å². The zero-order valence-electron chi connectivity index (χ0n) is 10.9. The highest BCUT2D eigenvalue weighted by atomic mass is 32.1. The average Bonchev–Trinajstić information content (AvgIpc) is 2.93. The molecule has 0 saturated heterocycles. The number of rotatable bonds is 5. The fourth-order valence-electron chi connectivity index (χ4n) is 1.71. The summed E-state index contributed by atoms with van der Waals surface area (Å²) in [5.74, 6) is -0.298. The number of hydrogen-bond donors (Lipinski definition) is 1. The van der Waals surface area contributed by atoms with Crippen LogP contribution in [0, 0.1) is 0 Å². The molecule has 1 N–H and O–H groups in total. The summed E-state index contributed by atoms with van der Waals surface area (Å²) in [6.45, 7) is 4.21. The summed E-state index contributed by atoms with van der Waals surface area (Å²) in [5.41, 5.74) is 1.44. The largest absolute Gasteiger partial charge is 0.462 e. The maximum Gasteiger partial charge on any atom is 0.338 e. The van der Waals surface area contributed by atoms with Crippen LogP contribution in [0.1, 0.15) is 35.3 Å². The van der Waals surface area contributed by atoms with Gasteiger partial charge in [-0.25, -0.2) is 9.78 Å². The molecule has 0 amide bonds. The molecule has 2 aromatic rings. The first-order valence-electron chi connectivity index (χ1n) is 6.14. The summed E-state index contributed by atoms with van der Waals surface area (Å²) in [6.07, 6.45) is 1.78. The summed E-state index contributed by atoms with van der Waals surface area (Å²) in [5, 5.41) is 6.28. The second kappa shape index (κ2) is 6.33. The second-order valence-corrected chi connectivity index (χ2v) is 4.96. The Morgan fingerprint density at radius 1 is 1.53 bits per heavy atom. The second-order valence-electron chi connectivity index (χ2n) is 4.04. The van der Waals surface area contributed by atoms with Crippen molar-refractivity contribution in [1.82, 2.24) is 4.98 Å². The van der Waals surface area contributed by atoms with Crippen LogP contribution >= 0.6 is 11.3 Å². The molecule has 0 radical (unpaired) electrons. The Kier molecular flexibility index (Phi) is 4.52. The molecule has 1 atom stereocenters. The zero-order valence-corrected chi connectivity index (χ0v) is 11.7. The van der Waals surface area contributed by atoms with Gasteiger partial charge in [0.05, 0.1) is 18.2 Å². The number of carbonyl (C=O) groups is 1. The number of aromatic nitrogens is 1. The van der Waals surface area contributed by atoms with Crippen molar-refractivity contribution in [3.8, 4) is 0 Å². The minimum Gasteiger partial charge on any atom is -0.462 e. The van der Waals surface area contributed by atoms with E-state index in [0.29, 0.717) is 12.2 Å². The molecule has 100 valence electrons. The van der Waals surface area contributed by atoms with Gasteiger partial charge in [0, 0.05) is 17.3 Å². The van der Waals surface area contributed by atoms with E-state index in [0.717, 1.165) is 10.7 Å². The topological polar surface area (TPSA) is 51.2 Å². The molecule has 0 aliphatic heterocycles. The summed E-state index contributed by atoms with van der Waals surface area (Å²) < 4.78 is 4.98. The van der Waals surface area contributed by atoms with Gasteiger partial charge in [0.25, 0.3) is 0 Å². The van der Waals surface area contributed by atoms with Gasteiger partial charge in [-0.2, -0.15) is 0 Å². The number of nitrogens with zero attached hydrogens (tertiary/aromatic N) is 1. The van der Waals surface area contributed by atoms with E-state index in [2.05, 4.69) is 10.3 Å². The first kappa shape index (κ1) is 13.5. The third kappa shape index (κ3) is 3.54. The van der Waals surface area contributed by atoms with Crippen molar-refractivity contribution in [3.05, 3.63) is 46.4 Å². The summed E-state index contributed by atoms with van der Waals surface area (Å²) in [7, 11) is 0. The molecule has 1 aromatic heterocycles. The van der Waals surface area contributed by atoms with E-state index in [-0.39, 0.29) is 12.0 Å². The Balaban J connectivity index is 2.09. The number of anilines is 1.